The predicted octanol–water partition coefficient (Wildman–Crippen LogP) is 1.36. The summed E-state index contributed by atoms with van der Waals surface area (Å²) in [4.78, 5) is 15.8. The van der Waals surface area contributed by atoms with E-state index in [0.717, 1.165) is 0 Å². The van der Waals surface area contributed by atoms with Gasteiger partial charge in [-0.25, -0.2) is 4.79 Å². The lowest BCUT2D eigenvalue weighted by Crippen LogP contribution is -2.35. The smallest absolute Gasteiger partial charge is 0.351 e. The minimum Gasteiger partial charge on any atom is -0.508 e. The molecule has 5 nitrogen and oxygen atoms in total. The summed E-state index contributed by atoms with van der Waals surface area (Å²) in [6.07, 6.45) is 0.186. The Morgan fingerprint density at radius 1 is 1.56 bits per heavy atom. The molecule has 0 saturated heterocycles. The van der Waals surface area contributed by atoms with Crippen molar-refractivity contribution in [2.45, 2.75) is 18.9 Å². The molecule has 5 heteroatoms. The van der Waals surface area contributed by atoms with E-state index in [-0.39, 0.29) is 12.2 Å². The van der Waals surface area contributed by atoms with Gasteiger partial charge in [0, 0.05) is 12.0 Å². The first-order valence-electron chi connectivity index (χ1n) is 4.79. The molecule has 1 aromatic rings. The average molecular weight is 221 g/mol. The number of carboxylic acid groups (broad SMARTS) is 1. The number of nitrogens with zero attached hydrogens (tertiary/aromatic N) is 1. The number of carboxylic acids is 1. The number of aromatic hydroxyl groups is 1. The lowest BCUT2D eigenvalue weighted by molar-refractivity contribution is -0.160. The highest BCUT2D eigenvalue weighted by molar-refractivity contribution is 6.04. The first-order valence-corrected chi connectivity index (χ1v) is 4.79. The molecule has 0 spiro atoms. The second-order valence-electron chi connectivity index (χ2n) is 3.89. The molecule has 1 aliphatic heterocycles. The van der Waals surface area contributed by atoms with E-state index in [0.29, 0.717) is 11.3 Å². The molecule has 84 valence electrons. The molecule has 2 N–H and O–H groups in total. The molecule has 0 fully saturated rings. The topological polar surface area (TPSA) is 79.1 Å². The van der Waals surface area contributed by atoms with Crippen molar-refractivity contribution in [3.8, 4) is 5.75 Å². The number of benzene rings is 1. The van der Waals surface area contributed by atoms with Gasteiger partial charge in [0.1, 0.15) is 5.75 Å². The van der Waals surface area contributed by atoms with Crippen molar-refractivity contribution in [3.63, 3.8) is 0 Å². The van der Waals surface area contributed by atoms with Crippen LogP contribution >= 0.6 is 0 Å². The summed E-state index contributed by atoms with van der Waals surface area (Å²) >= 11 is 0. The maximum atomic E-state index is 10.9. The second-order valence-corrected chi connectivity index (χ2v) is 3.89. The summed E-state index contributed by atoms with van der Waals surface area (Å²) < 4.78 is 0. The van der Waals surface area contributed by atoms with E-state index < -0.39 is 11.6 Å². The number of carbonyl (C=O) groups is 1. The average Bonchev–Trinajstić information content (AvgIpc) is 2.62. The van der Waals surface area contributed by atoms with Gasteiger partial charge in [0.25, 0.3) is 0 Å². The van der Waals surface area contributed by atoms with Crippen molar-refractivity contribution in [1.29, 1.82) is 0 Å². The lowest BCUT2D eigenvalue weighted by atomic mass is 9.96. The molecule has 1 unspecified atom stereocenters. The van der Waals surface area contributed by atoms with Crippen molar-refractivity contribution < 1.29 is 19.8 Å². The Balaban J connectivity index is 2.24. The van der Waals surface area contributed by atoms with Crippen molar-refractivity contribution in [3.05, 3.63) is 29.8 Å². The third-order valence-electron chi connectivity index (χ3n) is 2.49. The van der Waals surface area contributed by atoms with Crippen molar-refractivity contribution >= 4 is 11.7 Å². The molecule has 1 aromatic carbocycles. The Labute approximate surface area is 92.0 Å². The Morgan fingerprint density at radius 2 is 2.31 bits per heavy atom. The molecule has 0 saturated carbocycles. The molecule has 0 aliphatic carbocycles. The molecule has 1 heterocycles. The van der Waals surface area contributed by atoms with Gasteiger partial charge in [0.15, 0.2) is 0 Å². The van der Waals surface area contributed by atoms with Crippen molar-refractivity contribution in [1.82, 2.24) is 0 Å². The highest BCUT2D eigenvalue weighted by atomic mass is 16.7. The zero-order chi connectivity index (χ0) is 11.8. The van der Waals surface area contributed by atoms with E-state index in [1.54, 1.807) is 12.1 Å². The third kappa shape index (κ3) is 1.71. The molecule has 1 atom stereocenters. The number of hydrogen-bond donors (Lipinski definition) is 2. The van der Waals surface area contributed by atoms with E-state index >= 15 is 0 Å². The maximum Gasteiger partial charge on any atom is 0.351 e. The number of hydrogen-bond acceptors (Lipinski definition) is 4. The van der Waals surface area contributed by atoms with Crippen LogP contribution in [0, 0.1) is 0 Å². The molecule has 0 amide bonds. The van der Waals surface area contributed by atoms with E-state index in [4.69, 9.17) is 9.94 Å². The quantitative estimate of drug-likeness (QED) is 0.790. The molecule has 0 aromatic heterocycles. The largest absolute Gasteiger partial charge is 0.508 e. The molecular formula is C11H11NO4. The molecule has 0 radical (unpaired) electrons. The van der Waals surface area contributed by atoms with Gasteiger partial charge in [0.05, 0.1) is 5.71 Å². The fourth-order valence-electron chi connectivity index (χ4n) is 1.49. The number of phenolic OH excluding ortho intramolecular Hbond substituents is 1. The van der Waals surface area contributed by atoms with Gasteiger partial charge in [-0.2, -0.15) is 0 Å². The minimum atomic E-state index is -1.30. The SMILES string of the molecule is CC1(C(=O)O)CC(c2cccc(O)c2)=NO1. The van der Waals surface area contributed by atoms with E-state index in [9.17, 15) is 9.90 Å². The summed E-state index contributed by atoms with van der Waals surface area (Å²) in [6.45, 7) is 1.47. The summed E-state index contributed by atoms with van der Waals surface area (Å²) in [7, 11) is 0. The monoisotopic (exact) mass is 221 g/mol. The lowest BCUT2D eigenvalue weighted by Gasteiger charge is -2.14. The minimum absolute atomic E-state index is 0.115. The van der Waals surface area contributed by atoms with Crippen LogP contribution in [0.5, 0.6) is 5.75 Å². The fourth-order valence-corrected chi connectivity index (χ4v) is 1.49. The maximum absolute atomic E-state index is 10.9. The van der Waals surface area contributed by atoms with Gasteiger partial charge in [-0.1, -0.05) is 17.3 Å². The summed E-state index contributed by atoms with van der Waals surface area (Å²) in [6, 6.07) is 6.48. The van der Waals surface area contributed by atoms with Gasteiger partial charge in [-0.3, -0.25) is 0 Å². The van der Waals surface area contributed by atoms with Crippen LogP contribution in [0.1, 0.15) is 18.9 Å². The highest BCUT2D eigenvalue weighted by Gasteiger charge is 2.42. The summed E-state index contributed by atoms with van der Waals surface area (Å²) in [5, 5.41) is 22.0. The van der Waals surface area contributed by atoms with Crippen molar-refractivity contribution in [2.75, 3.05) is 0 Å². The molecule has 1 aliphatic rings. The standard InChI is InChI=1S/C11H11NO4/c1-11(10(14)15)6-9(12-16-11)7-3-2-4-8(13)5-7/h2-5,13H,6H2,1H3,(H,14,15). The van der Waals surface area contributed by atoms with E-state index in [2.05, 4.69) is 5.16 Å². The molecule has 0 bridgehead atoms. The van der Waals surface area contributed by atoms with Gasteiger partial charge in [-0.05, 0) is 19.1 Å². The Kier molecular flexibility index (Phi) is 2.30. The summed E-state index contributed by atoms with van der Waals surface area (Å²) in [5.41, 5.74) is -0.105. The predicted molar refractivity (Wildman–Crippen MR) is 56.4 cm³/mol. The van der Waals surface area contributed by atoms with Crippen LogP contribution in [0.4, 0.5) is 0 Å². The fraction of sp³-hybridized carbons (Fsp3) is 0.273. The molecule has 2 rings (SSSR count). The first-order chi connectivity index (χ1) is 7.51. The van der Waals surface area contributed by atoms with Gasteiger partial charge in [0.2, 0.25) is 5.60 Å². The Hall–Kier alpha value is -2.04. The van der Waals surface area contributed by atoms with E-state index in [1.807, 2.05) is 0 Å². The summed E-state index contributed by atoms with van der Waals surface area (Å²) in [5.74, 6) is -0.935. The molecule has 16 heavy (non-hydrogen) atoms. The number of oxime groups is 1. The zero-order valence-corrected chi connectivity index (χ0v) is 8.67. The normalized spacial score (nSPS) is 23.7. The molecular weight excluding hydrogens is 210 g/mol. The van der Waals surface area contributed by atoms with Crippen LogP contribution in [-0.2, 0) is 9.63 Å². The van der Waals surface area contributed by atoms with E-state index in [1.165, 1.54) is 19.1 Å². The van der Waals surface area contributed by atoms with Crippen LogP contribution in [0.3, 0.4) is 0 Å². The second kappa shape index (κ2) is 3.52. The Bertz CT molecular complexity index is 469. The number of aliphatic carboxylic acids is 1. The third-order valence-corrected chi connectivity index (χ3v) is 2.49. The zero-order valence-electron chi connectivity index (χ0n) is 8.67. The van der Waals surface area contributed by atoms with Crippen LogP contribution in [0.2, 0.25) is 0 Å². The highest BCUT2D eigenvalue weighted by Crippen LogP contribution is 2.27. The van der Waals surface area contributed by atoms with Gasteiger partial charge in [-0.15, -0.1) is 0 Å². The van der Waals surface area contributed by atoms with Crippen LogP contribution < -0.4 is 0 Å². The van der Waals surface area contributed by atoms with Crippen LogP contribution in [-0.4, -0.2) is 27.5 Å². The number of phenols is 1. The van der Waals surface area contributed by atoms with Crippen LogP contribution in [0.15, 0.2) is 29.4 Å². The first kappa shape index (κ1) is 10.5. The van der Waals surface area contributed by atoms with Crippen LogP contribution in [0.25, 0.3) is 0 Å². The van der Waals surface area contributed by atoms with Gasteiger partial charge < -0.3 is 15.1 Å². The Morgan fingerprint density at radius 3 is 2.88 bits per heavy atom. The van der Waals surface area contributed by atoms with Crippen molar-refractivity contribution in [2.24, 2.45) is 5.16 Å². The van der Waals surface area contributed by atoms with Gasteiger partial charge >= 0.3 is 5.97 Å². The number of rotatable bonds is 2.